The second kappa shape index (κ2) is 22.9. The molecule has 0 aliphatic carbocycles. The van der Waals surface area contributed by atoms with Gasteiger partial charge in [0, 0.05) is 23.5 Å². The molecular weight excluding hydrogens is 1150 g/mol. The Bertz CT molecular complexity index is 5370. The summed E-state index contributed by atoms with van der Waals surface area (Å²) in [6, 6.07) is 96.3. The van der Waals surface area contributed by atoms with E-state index in [0.717, 1.165) is 44.6 Å². The van der Waals surface area contributed by atoms with Gasteiger partial charge in [-0.1, -0.05) is 194 Å². The van der Waals surface area contributed by atoms with Crippen LogP contribution in [0.25, 0.3) is 142 Å². The molecule has 2 aliphatic rings. The monoisotopic (exact) mass is 1220 g/mol. The maximum absolute atomic E-state index is 6.36. The molecule has 6 nitrogen and oxygen atoms in total. The molecule has 0 saturated carbocycles. The predicted octanol–water partition coefficient (Wildman–Crippen LogP) is 20.8. The number of hydrogen-bond acceptors (Lipinski definition) is 6. The third kappa shape index (κ3) is 10.3. The standard InChI is InChI=1S/C46H37BN2O2.C40H33BO2/c1-45(2)46(3,4)51-47(50-45)34-21-19-30(20-22-34)39-28-41-38-16-8-6-14-36(38)40(29-42(41)37-15-7-5-13-35(37)39)31-25-32(43-17-9-11-23-48-43)27-33(26-31)44-18-10-12-24-49-44;1-39(2)40(3,4)43-41(42-39)30-21-20-27-22-29(19-18-28(27)23-30)36-25-38-33-16-10-8-14-31(33)35(26-12-6-5-7-13-26)24-37(38)34-17-11-9-15-32(34)36/h5-29H,1-4H3;5-25H,1-4H3. The molecule has 0 spiro atoms. The molecule has 94 heavy (non-hydrogen) atoms. The lowest BCUT2D eigenvalue weighted by molar-refractivity contribution is 0.00578. The molecule has 0 unspecified atom stereocenters. The summed E-state index contributed by atoms with van der Waals surface area (Å²) in [6.07, 6.45) is 3.70. The van der Waals surface area contributed by atoms with E-state index in [-0.39, 0.29) is 29.5 Å². The average molecular weight is 1220 g/mol. The zero-order valence-corrected chi connectivity index (χ0v) is 54.2. The van der Waals surface area contributed by atoms with Gasteiger partial charge in [0.15, 0.2) is 0 Å². The van der Waals surface area contributed by atoms with Gasteiger partial charge in [-0.3, -0.25) is 9.97 Å². The molecule has 2 aliphatic heterocycles. The van der Waals surface area contributed by atoms with Crippen LogP contribution < -0.4 is 10.9 Å². The average Bonchev–Trinajstić information content (AvgIpc) is 1.01. The minimum atomic E-state index is -0.394. The van der Waals surface area contributed by atoms with Crippen LogP contribution in [0.3, 0.4) is 0 Å². The molecule has 0 radical (unpaired) electrons. The predicted molar refractivity (Wildman–Crippen MR) is 395 cm³/mol. The number of rotatable bonds is 8. The lowest BCUT2D eigenvalue weighted by atomic mass is 9.78. The Morgan fingerprint density at radius 2 is 0.553 bits per heavy atom. The lowest BCUT2D eigenvalue weighted by Crippen LogP contribution is -2.41. The molecule has 0 bridgehead atoms. The highest BCUT2D eigenvalue weighted by molar-refractivity contribution is 6.62. The van der Waals surface area contributed by atoms with Crippen molar-refractivity contribution in [2.75, 3.05) is 0 Å². The zero-order valence-electron chi connectivity index (χ0n) is 54.2. The fourth-order valence-electron chi connectivity index (χ4n) is 14.0. The Morgan fingerprint density at radius 1 is 0.234 bits per heavy atom. The number of nitrogens with zero attached hydrogens (tertiary/aromatic N) is 2. The van der Waals surface area contributed by atoms with Crippen LogP contribution in [-0.2, 0) is 18.6 Å². The Hall–Kier alpha value is -10.1. The first kappa shape index (κ1) is 59.0. The van der Waals surface area contributed by atoms with Gasteiger partial charge in [-0.05, 0) is 259 Å². The second-order valence-electron chi connectivity index (χ2n) is 27.3. The van der Waals surface area contributed by atoms with E-state index in [1.807, 2.05) is 36.7 Å². The Labute approximate surface area is 550 Å². The van der Waals surface area contributed by atoms with Gasteiger partial charge >= 0.3 is 14.2 Å². The normalized spacial score (nSPS) is 15.6. The molecule has 15 aromatic rings. The van der Waals surface area contributed by atoms with Crippen molar-refractivity contribution in [2.45, 2.75) is 77.8 Å². The van der Waals surface area contributed by atoms with Gasteiger partial charge in [0.1, 0.15) is 0 Å². The molecule has 13 aromatic carbocycles. The smallest absolute Gasteiger partial charge is 0.399 e. The van der Waals surface area contributed by atoms with E-state index in [4.69, 9.17) is 28.6 Å². The van der Waals surface area contributed by atoms with Crippen molar-refractivity contribution < 1.29 is 18.6 Å². The van der Waals surface area contributed by atoms with E-state index in [0.29, 0.717) is 0 Å². The minimum Gasteiger partial charge on any atom is -0.399 e. The van der Waals surface area contributed by atoms with Gasteiger partial charge in [0.2, 0.25) is 0 Å². The summed E-state index contributed by atoms with van der Waals surface area (Å²) in [5.74, 6) is 0. The van der Waals surface area contributed by atoms with E-state index in [1.54, 1.807) is 0 Å². The number of hydrogen-bond donors (Lipinski definition) is 0. The molecule has 4 heterocycles. The number of pyridine rings is 2. The van der Waals surface area contributed by atoms with Gasteiger partial charge in [0.05, 0.1) is 33.8 Å². The molecule has 0 N–H and O–H groups in total. The highest BCUT2D eigenvalue weighted by Crippen LogP contribution is 2.46. The molecule has 2 aromatic heterocycles. The van der Waals surface area contributed by atoms with Crippen molar-refractivity contribution in [1.29, 1.82) is 0 Å². The third-order valence-electron chi connectivity index (χ3n) is 20.5. The van der Waals surface area contributed by atoms with Crippen LogP contribution in [0.2, 0.25) is 0 Å². The highest BCUT2D eigenvalue weighted by atomic mass is 16.7. The Balaban J connectivity index is 0.000000151. The molecule has 2 saturated heterocycles. The Kier molecular flexibility index (Phi) is 14.4. The van der Waals surface area contributed by atoms with Crippen LogP contribution in [-0.4, -0.2) is 46.6 Å². The van der Waals surface area contributed by atoms with Crippen molar-refractivity contribution >= 4 is 101 Å². The molecule has 0 amide bonds. The summed E-state index contributed by atoms with van der Waals surface area (Å²) in [7, 11) is -0.762. The summed E-state index contributed by atoms with van der Waals surface area (Å²) in [5, 5.41) is 17.3. The molecule has 2 fully saturated rings. The maximum Gasteiger partial charge on any atom is 0.494 e. The van der Waals surface area contributed by atoms with Crippen molar-refractivity contribution in [3.63, 3.8) is 0 Å². The largest absolute Gasteiger partial charge is 0.494 e. The number of fused-ring (bicyclic) bond motifs is 11. The van der Waals surface area contributed by atoms with Crippen LogP contribution in [0.4, 0.5) is 0 Å². The van der Waals surface area contributed by atoms with E-state index >= 15 is 0 Å². The molecule has 17 rings (SSSR count). The molecule has 0 atom stereocenters. The third-order valence-corrected chi connectivity index (χ3v) is 20.5. The van der Waals surface area contributed by atoms with Crippen LogP contribution in [0.5, 0.6) is 0 Å². The molecular formula is C86H70B2N2O4. The van der Waals surface area contributed by atoms with Crippen LogP contribution in [0.1, 0.15) is 55.4 Å². The first-order chi connectivity index (χ1) is 45.5. The molecule has 454 valence electrons. The number of aromatic nitrogens is 2. The van der Waals surface area contributed by atoms with E-state index in [9.17, 15) is 0 Å². The topological polar surface area (TPSA) is 62.7 Å². The fraction of sp³-hybridized carbons (Fsp3) is 0.140. The van der Waals surface area contributed by atoms with Gasteiger partial charge < -0.3 is 18.6 Å². The van der Waals surface area contributed by atoms with Gasteiger partial charge in [-0.25, -0.2) is 0 Å². The van der Waals surface area contributed by atoms with E-state index in [1.165, 1.54) is 109 Å². The number of benzene rings is 13. The zero-order chi connectivity index (χ0) is 64.1. The minimum absolute atomic E-state index is 0.361. The van der Waals surface area contributed by atoms with Crippen molar-refractivity contribution in [3.05, 3.63) is 279 Å². The maximum atomic E-state index is 6.36. The summed E-state index contributed by atoms with van der Waals surface area (Å²) in [6.45, 7) is 16.8. The quantitative estimate of drug-likeness (QED) is 0.112. The second-order valence-corrected chi connectivity index (χ2v) is 27.3. The van der Waals surface area contributed by atoms with Crippen molar-refractivity contribution in [3.8, 4) is 67.0 Å². The highest BCUT2D eigenvalue weighted by Gasteiger charge is 2.53. The van der Waals surface area contributed by atoms with Crippen molar-refractivity contribution in [1.82, 2.24) is 9.97 Å². The van der Waals surface area contributed by atoms with Crippen LogP contribution in [0.15, 0.2) is 279 Å². The molecule has 8 heteroatoms. The summed E-state index contributed by atoms with van der Waals surface area (Å²) >= 11 is 0. The van der Waals surface area contributed by atoms with E-state index < -0.39 is 7.12 Å². The summed E-state index contributed by atoms with van der Waals surface area (Å²) in [5.41, 5.74) is 14.2. The van der Waals surface area contributed by atoms with Gasteiger partial charge in [-0.15, -0.1) is 0 Å². The first-order valence-electron chi connectivity index (χ1n) is 32.7. The fourth-order valence-corrected chi connectivity index (χ4v) is 14.0. The van der Waals surface area contributed by atoms with Gasteiger partial charge in [0.25, 0.3) is 0 Å². The summed E-state index contributed by atoms with van der Waals surface area (Å²) < 4.78 is 25.4. The lowest BCUT2D eigenvalue weighted by Gasteiger charge is -2.32. The van der Waals surface area contributed by atoms with Crippen LogP contribution in [0, 0.1) is 0 Å². The van der Waals surface area contributed by atoms with Gasteiger partial charge in [-0.2, -0.15) is 0 Å². The van der Waals surface area contributed by atoms with Crippen molar-refractivity contribution in [2.24, 2.45) is 0 Å². The summed E-state index contributed by atoms with van der Waals surface area (Å²) in [4.78, 5) is 9.43. The first-order valence-corrected chi connectivity index (χ1v) is 32.7. The Morgan fingerprint density at radius 3 is 0.979 bits per heavy atom. The SMILES string of the molecule is CC1(C)OB(c2ccc(-c3cc4c5ccccc5c(-c5cc(-c6ccccn6)cc(-c6ccccn6)c5)cc4c4ccccc34)cc2)OC1(C)C.CC1(C)OB(c2ccc3cc(-c4cc5c6ccccc6c(-c6ccccc6)cc5c5ccccc45)ccc3c2)OC1(C)C. The van der Waals surface area contributed by atoms with Crippen LogP contribution >= 0.6 is 0 Å². The van der Waals surface area contributed by atoms with E-state index in [2.05, 4.69) is 298 Å².